The van der Waals surface area contributed by atoms with Crippen LogP contribution in [0.4, 0.5) is 5.95 Å². The van der Waals surface area contributed by atoms with Gasteiger partial charge in [-0.1, -0.05) is 37.3 Å². The van der Waals surface area contributed by atoms with Crippen molar-refractivity contribution in [3.05, 3.63) is 58.0 Å². The molecule has 0 spiro atoms. The van der Waals surface area contributed by atoms with Crippen molar-refractivity contribution < 1.29 is 4.79 Å². The third-order valence-corrected chi connectivity index (χ3v) is 3.47. The van der Waals surface area contributed by atoms with Crippen LogP contribution < -0.4 is 16.0 Å². The zero-order valence-electron chi connectivity index (χ0n) is 11.7. The number of hydrogen-bond acceptors (Lipinski definition) is 4. The molecule has 0 aliphatic carbocycles. The molecular formula is C15H16N4O2. The third kappa shape index (κ3) is 2.71. The normalized spacial score (nSPS) is 18.2. The summed E-state index contributed by atoms with van der Waals surface area (Å²) in [5.41, 5.74) is 4.54. The van der Waals surface area contributed by atoms with E-state index in [9.17, 15) is 9.59 Å². The van der Waals surface area contributed by atoms with Crippen LogP contribution in [0.25, 0.3) is 0 Å². The van der Waals surface area contributed by atoms with E-state index in [0.29, 0.717) is 18.5 Å². The lowest BCUT2D eigenvalue weighted by atomic mass is 10.1. The molecule has 2 aromatic rings. The van der Waals surface area contributed by atoms with E-state index in [2.05, 4.69) is 15.4 Å². The van der Waals surface area contributed by atoms with Gasteiger partial charge in [-0.15, -0.1) is 0 Å². The molecule has 1 saturated heterocycles. The number of carbonyl (C=O) groups is 1. The van der Waals surface area contributed by atoms with Gasteiger partial charge >= 0.3 is 0 Å². The van der Waals surface area contributed by atoms with E-state index < -0.39 is 0 Å². The second-order valence-corrected chi connectivity index (χ2v) is 4.94. The number of nitrogens with zero attached hydrogens (tertiary/aromatic N) is 2. The van der Waals surface area contributed by atoms with Crippen molar-refractivity contribution in [1.29, 1.82) is 0 Å². The van der Waals surface area contributed by atoms with Gasteiger partial charge in [0.05, 0.1) is 6.04 Å². The van der Waals surface area contributed by atoms with Crippen molar-refractivity contribution in [3.63, 3.8) is 0 Å². The van der Waals surface area contributed by atoms with E-state index in [0.717, 1.165) is 5.56 Å². The van der Waals surface area contributed by atoms with Gasteiger partial charge in [0.25, 0.3) is 5.56 Å². The molecule has 21 heavy (non-hydrogen) atoms. The molecule has 1 aliphatic rings. The number of aromatic amines is 1. The lowest BCUT2D eigenvalue weighted by Crippen LogP contribution is -2.37. The van der Waals surface area contributed by atoms with Crippen LogP contribution in [0, 0.1) is 0 Å². The predicted molar refractivity (Wildman–Crippen MR) is 78.7 cm³/mol. The van der Waals surface area contributed by atoms with Crippen LogP contribution in [0.15, 0.2) is 41.2 Å². The van der Waals surface area contributed by atoms with Crippen molar-refractivity contribution in [2.75, 3.05) is 5.01 Å². The quantitative estimate of drug-likeness (QED) is 0.891. The topological polar surface area (TPSA) is 78.1 Å². The number of rotatable bonds is 3. The van der Waals surface area contributed by atoms with Crippen LogP contribution in [0.1, 0.15) is 30.6 Å². The maximum atomic E-state index is 12.2. The summed E-state index contributed by atoms with van der Waals surface area (Å²) in [5, 5.41) is 1.33. The smallest absolute Gasteiger partial charge is 0.252 e. The number of hydrogen-bond donors (Lipinski definition) is 2. The van der Waals surface area contributed by atoms with Crippen LogP contribution in [-0.4, -0.2) is 15.9 Å². The van der Waals surface area contributed by atoms with Crippen molar-refractivity contribution in [2.45, 2.75) is 25.8 Å². The molecule has 6 nitrogen and oxygen atoms in total. The van der Waals surface area contributed by atoms with E-state index >= 15 is 0 Å². The van der Waals surface area contributed by atoms with Gasteiger partial charge in [-0.25, -0.2) is 15.4 Å². The molecule has 2 N–H and O–H groups in total. The summed E-state index contributed by atoms with van der Waals surface area (Å²) in [6, 6.07) is 11.1. The van der Waals surface area contributed by atoms with Crippen molar-refractivity contribution in [3.8, 4) is 0 Å². The van der Waals surface area contributed by atoms with E-state index in [4.69, 9.17) is 0 Å². The Hall–Kier alpha value is -2.47. The fourth-order valence-corrected chi connectivity index (χ4v) is 2.38. The first-order chi connectivity index (χ1) is 10.2. The largest absolute Gasteiger partial charge is 0.291 e. The highest BCUT2D eigenvalue weighted by Gasteiger charge is 2.32. The lowest BCUT2D eigenvalue weighted by molar-refractivity contribution is -0.117. The fourth-order valence-electron chi connectivity index (χ4n) is 2.38. The zero-order valence-corrected chi connectivity index (χ0v) is 11.7. The fraction of sp³-hybridized carbons (Fsp3) is 0.267. The number of benzene rings is 1. The zero-order chi connectivity index (χ0) is 14.8. The molecule has 1 aliphatic heterocycles. The molecule has 2 heterocycles. The molecule has 108 valence electrons. The standard InChI is InChI=1S/C15H16N4O2/c1-2-11-8-13(20)17-15(16-11)19-14(21)9-12(18-19)10-6-4-3-5-7-10/h3-8,12,18H,2,9H2,1H3,(H,16,17,20). The summed E-state index contributed by atoms with van der Waals surface area (Å²) < 4.78 is 0. The minimum atomic E-state index is -0.255. The van der Waals surface area contributed by atoms with Gasteiger partial charge in [0.15, 0.2) is 0 Å². The highest BCUT2D eigenvalue weighted by molar-refractivity contribution is 5.93. The van der Waals surface area contributed by atoms with Crippen molar-refractivity contribution >= 4 is 11.9 Å². The number of nitrogens with one attached hydrogen (secondary N) is 2. The van der Waals surface area contributed by atoms with Crippen molar-refractivity contribution in [1.82, 2.24) is 15.4 Å². The minimum Gasteiger partial charge on any atom is -0.291 e. The second kappa shape index (κ2) is 5.49. The average Bonchev–Trinajstić information content (AvgIpc) is 2.89. The van der Waals surface area contributed by atoms with E-state index in [1.54, 1.807) is 0 Å². The SMILES string of the molecule is CCc1cc(=O)[nH]c(N2NC(c3ccccc3)CC2=O)n1. The monoisotopic (exact) mass is 284 g/mol. The van der Waals surface area contributed by atoms with Crippen LogP contribution in [-0.2, 0) is 11.2 Å². The van der Waals surface area contributed by atoms with Gasteiger partial charge in [-0.2, -0.15) is 0 Å². The lowest BCUT2D eigenvalue weighted by Gasteiger charge is -2.17. The maximum absolute atomic E-state index is 12.2. The first-order valence-electron chi connectivity index (χ1n) is 6.91. The molecule has 0 bridgehead atoms. The van der Waals surface area contributed by atoms with E-state index in [1.807, 2.05) is 37.3 Å². The van der Waals surface area contributed by atoms with E-state index in [1.165, 1.54) is 11.1 Å². The molecular weight excluding hydrogens is 268 g/mol. The Morgan fingerprint density at radius 3 is 2.76 bits per heavy atom. The Kier molecular flexibility index (Phi) is 3.53. The highest BCUT2D eigenvalue weighted by Crippen LogP contribution is 2.25. The molecule has 3 rings (SSSR count). The molecule has 1 amide bonds. The predicted octanol–water partition coefficient (Wildman–Crippen LogP) is 1.31. The summed E-state index contributed by atoms with van der Waals surface area (Å²) in [5.74, 6) is 0.142. The number of anilines is 1. The Bertz CT molecular complexity index is 711. The number of hydrazine groups is 1. The second-order valence-electron chi connectivity index (χ2n) is 4.94. The Balaban J connectivity index is 1.89. The number of aryl methyl sites for hydroxylation is 1. The summed E-state index contributed by atoms with van der Waals surface area (Å²) in [6.07, 6.45) is 0.977. The van der Waals surface area contributed by atoms with E-state index in [-0.39, 0.29) is 23.5 Å². The molecule has 0 saturated carbocycles. The summed E-state index contributed by atoms with van der Waals surface area (Å²) >= 11 is 0. The van der Waals surface area contributed by atoms with Crippen LogP contribution in [0.3, 0.4) is 0 Å². The first-order valence-corrected chi connectivity index (χ1v) is 6.91. The van der Waals surface area contributed by atoms with Crippen LogP contribution in [0.2, 0.25) is 0 Å². The van der Waals surface area contributed by atoms with Gasteiger partial charge in [0, 0.05) is 18.2 Å². The first kappa shape index (κ1) is 13.5. The maximum Gasteiger partial charge on any atom is 0.252 e. The highest BCUT2D eigenvalue weighted by atomic mass is 16.2. The summed E-state index contributed by atoms with van der Waals surface area (Å²) in [6.45, 7) is 1.91. The van der Waals surface area contributed by atoms with Crippen LogP contribution in [0.5, 0.6) is 0 Å². The molecule has 1 fully saturated rings. The Morgan fingerprint density at radius 1 is 1.29 bits per heavy atom. The Morgan fingerprint density at radius 2 is 2.05 bits per heavy atom. The van der Waals surface area contributed by atoms with Crippen molar-refractivity contribution in [2.24, 2.45) is 0 Å². The number of H-pyrrole nitrogens is 1. The van der Waals surface area contributed by atoms with Gasteiger partial charge in [-0.05, 0) is 12.0 Å². The number of amides is 1. The minimum absolute atomic E-state index is 0.103. The third-order valence-electron chi connectivity index (χ3n) is 3.47. The Labute approximate surface area is 121 Å². The van der Waals surface area contributed by atoms with Crippen LogP contribution >= 0.6 is 0 Å². The molecule has 1 unspecified atom stereocenters. The molecule has 0 radical (unpaired) electrons. The van der Waals surface area contributed by atoms with Gasteiger partial charge in [0.2, 0.25) is 11.9 Å². The van der Waals surface area contributed by atoms with Gasteiger partial charge < -0.3 is 0 Å². The average molecular weight is 284 g/mol. The molecule has 6 heteroatoms. The number of aromatic nitrogens is 2. The molecule has 1 aromatic carbocycles. The summed E-state index contributed by atoms with van der Waals surface area (Å²) in [7, 11) is 0. The molecule has 1 atom stereocenters. The van der Waals surface area contributed by atoms with Gasteiger partial charge in [0.1, 0.15) is 0 Å². The number of carbonyl (C=O) groups excluding carboxylic acids is 1. The summed E-state index contributed by atoms with van der Waals surface area (Å²) in [4.78, 5) is 30.7. The van der Waals surface area contributed by atoms with Gasteiger partial charge in [-0.3, -0.25) is 14.6 Å². The molecule has 1 aromatic heterocycles.